The van der Waals surface area contributed by atoms with Crippen molar-refractivity contribution >= 4 is 0 Å². The van der Waals surface area contributed by atoms with Gasteiger partial charge >= 0.3 is 0 Å². The average molecular weight is 236 g/mol. The van der Waals surface area contributed by atoms with Gasteiger partial charge in [-0.05, 0) is 36.5 Å². The normalized spacial score (nSPS) is 31.9. The molecule has 100 valence electrons. The van der Waals surface area contributed by atoms with E-state index in [0.717, 1.165) is 23.7 Å². The van der Waals surface area contributed by atoms with E-state index in [1.165, 1.54) is 38.5 Å². The molecule has 0 amide bonds. The van der Waals surface area contributed by atoms with Gasteiger partial charge in [-0.25, -0.2) is 0 Å². The van der Waals surface area contributed by atoms with Gasteiger partial charge in [-0.1, -0.05) is 71.6 Å². The molecular formula is C17H32. The summed E-state index contributed by atoms with van der Waals surface area (Å²) >= 11 is 0. The van der Waals surface area contributed by atoms with Crippen molar-refractivity contribution in [3.63, 3.8) is 0 Å². The van der Waals surface area contributed by atoms with E-state index in [1.807, 2.05) is 0 Å². The van der Waals surface area contributed by atoms with Crippen molar-refractivity contribution in [3.05, 3.63) is 0 Å². The zero-order valence-corrected chi connectivity index (χ0v) is 12.1. The first-order valence-corrected chi connectivity index (χ1v) is 8.24. The molecule has 0 nitrogen and oxygen atoms in total. The highest BCUT2D eigenvalue weighted by atomic mass is 14.3. The molecule has 0 atom stereocenters. The van der Waals surface area contributed by atoms with Crippen molar-refractivity contribution in [2.75, 3.05) is 0 Å². The molecule has 2 fully saturated rings. The van der Waals surface area contributed by atoms with E-state index in [0.29, 0.717) is 0 Å². The first kappa shape index (κ1) is 13.4. The second kappa shape index (κ2) is 6.81. The Morgan fingerprint density at radius 3 is 1.82 bits per heavy atom. The fourth-order valence-electron chi connectivity index (χ4n) is 4.26. The van der Waals surface area contributed by atoms with Gasteiger partial charge in [0.25, 0.3) is 0 Å². The highest BCUT2D eigenvalue weighted by Gasteiger charge is 2.24. The molecule has 17 heavy (non-hydrogen) atoms. The minimum atomic E-state index is 0.912. The second-order valence-corrected chi connectivity index (χ2v) is 7.26. The van der Waals surface area contributed by atoms with Crippen LogP contribution in [0.15, 0.2) is 0 Å². The van der Waals surface area contributed by atoms with Crippen LogP contribution < -0.4 is 0 Å². The summed E-state index contributed by atoms with van der Waals surface area (Å²) in [5.74, 6) is 4.18. The lowest BCUT2D eigenvalue weighted by Gasteiger charge is -2.32. The van der Waals surface area contributed by atoms with E-state index in [-0.39, 0.29) is 0 Å². The van der Waals surface area contributed by atoms with Crippen LogP contribution in [-0.4, -0.2) is 0 Å². The molecule has 0 bridgehead atoms. The molecular weight excluding hydrogens is 204 g/mol. The Balaban J connectivity index is 1.64. The summed E-state index contributed by atoms with van der Waals surface area (Å²) in [5.41, 5.74) is 0. The minimum Gasteiger partial charge on any atom is -0.0628 e. The van der Waals surface area contributed by atoms with Crippen molar-refractivity contribution in [1.82, 2.24) is 0 Å². The molecule has 0 aromatic carbocycles. The Hall–Kier alpha value is 0. The predicted molar refractivity (Wildman–Crippen MR) is 76.1 cm³/mol. The highest BCUT2D eigenvalue weighted by Crippen LogP contribution is 2.38. The fourth-order valence-corrected chi connectivity index (χ4v) is 4.26. The lowest BCUT2D eigenvalue weighted by atomic mass is 9.73. The zero-order valence-electron chi connectivity index (χ0n) is 12.1. The number of hydrogen-bond acceptors (Lipinski definition) is 0. The molecule has 2 aliphatic rings. The van der Waals surface area contributed by atoms with Crippen LogP contribution in [0.1, 0.15) is 84.5 Å². The van der Waals surface area contributed by atoms with Crippen LogP contribution in [-0.2, 0) is 0 Å². The minimum absolute atomic E-state index is 0.912. The van der Waals surface area contributed by atoms with Gasteiger partial charge in [0.1, 0.15) is 0 Å². The van der Waals surface area contributed by atoms with Gasteiger partial charge in [-0.3, -0.25) is 0 Å². The zero-order chi connectivity index (χ0) is 12.1. The van der Waals surface area contributed by atoms with Crippen LogP contribution in [0, 0.1) is 23.7 Å². The lowest BCUT2D eigenvalue weighted by molar-refractivity contribution is 0.198. The molecule has 2 saturated carbocycles. The quantitative estimate of drug-likeness (QED) is 0.578. The van der Waals surface area contributed by atoms with Gasteiger partial charge in [0.05, 0.1) is 0 Å². The summed E-state index contributed by atoms with van der Waals surface area (Å²) < 4.78 is 0. The number of hydrogen-bond donors (Lipinski definition) is 0. The van der Waals surface area contributed by atoms with E-state index < -0.39 is 0 Å². The van der Waals surface area contributed by atoms with Crippen molar-refractivity contribution in [2.45, 2.75) is 84.5 Å². The predicted octanol–water partition coefficient (Wildman–Crippen LogP) is 5.81. The van der Waals surface area contributed by atoms with E-state index in [2.05, 4.69) is 13.8 Å². The highest BCUT2D eigenvalue weighted by molar-refractivity contribution is 4.77. The fraction of sp³-hybridized carbons (Fsp3) is 1.00. The van der Waals surface area contributed by atoms with Crippen LogP contribution in [0.5, 0.6) is 0 Å². The van der Waals surface area contributed by atoms with Crippen molar-refractivity contribution in [1.29, 1.82) is 0 Å². The van der Waals surface area contributed by atoms with E-state index >= 15 is 0 Å². The number of rotatable bonds is 4. The maximum absolute atomic E-state index is 2.38. The van der Waals surface area contributed by atoms with Gasteiger partial charge in [0, 0.05) is 0 Å². The molecule has 0 heterocycles. The van der Waals surface area contributed by atoms with Gasteiger partial charge in [0.15, 0.2) is 0 Å². The van der Waals surface area contributed by atoms with Gasteiger partial charge < -0.3 is 0 Å². The molecule has 0 radical (unpaired) electrons. The first-order chi connectivity index (χ1) is 8.24. The molecule has 2 aliphatic carbocycles. The monoisotopic (exact) mass is 236 g/mol. The van der Waals surface area contributed by atoms with Crippen LogP contribution in [0.3, 0.4) is 0 Å². The second-order valence-electron chi connectivity index (χ2n) is 7.26. The van der Waals surface area contributed by atoms with Crippen molar-refractivity contribution in [2.24, 2.45) is 23.7 Å². The van der Waals surface area contributed by atoms with E-state index in [9.17, 15) is 0 Å². The molecule has 0 aromatic heterocycles. The summed E-state index contributed by atoms with van der Waals surface area (Å²) in [4.78, 5) is 0. The Morgan fingerprint density at radius 1 is 0.706 bits per heavy atom. The standard InChI is InChI=1S/C17H32/c1-14(2)12-16-8-10-17(11-9-16)13-15-6-4-3-5-7-15/h14-17H,3-13H2,1-2H3. The third-order valence-corrected chi connectivity index (χ3v) is 5.16. The summed E-state index contributed by atoms with van der Waals surface area (Å²) in [6.45, 7) is 4.77. The van der Waals surface area contributed by atoms with Crippen LogP contribution >= 0.6 is 0 Å². The smallest absolute Gasteiger partial charge is 0.0411 e. The average Bonchev–Trinajstić information content (AvgIpc) is 2.32. The SMILES string of the molecule is CC(C)CC1CCC(CC2CCCCC2)CC1. The van der Waals surface area contributed by atoms with E-state index in [1.54, 1.807) is 32.1 Å². The van der Waals surface area contributed by atoms with Gasteiger partial charge in [-0.15, -0.1) is 0 Å². The van der Waals surface area contributed by atoms with Gasteiger partial charge in [-0.2, -0.15) is 0 Å². The molecule has 0 heteroatoms. The Bertz CT molecular complexity index is 192. The van der Waals surface area contributed by atoms with Gasteiger partial charge in [0.2, 0.25) is 0 Å². The molecule has 0 aromatic rings. The molecule has 0 N–H and O–H groups in total. The third kappa shape index (κ3) is 4.64. The maximum atomic E-state index is 2.38. The van der Waals surface area contributed by atoms with E-state index in [4.69, 9.17) is 0 Å². The maximum Gasteiger partial charge on any atom is -0.0411 e. The lowest BCUT2D eigenvalue weighted by Crippen LogP contribution is -2.19. The van der Waals surface area contributed by atoms with Crippen molar-refractivity contribution < 1.29 is 0 Å². The first-order valence-electron chi connectivity index (χ1n) is 8.24. The van der Waals surface area contributed by atoms with Crippen molar-refractivity contribution in [3.8, 4) is 0 Å². The molecule has 0 spiro atoms. The molecule has 0 aliphatic heterocycles. The van der Waals surface area contributed by atoms with Crippen LogP contribution in [0.2, 0.25) is 0 Å². The molecule has 0 unspecified atom stereocenters. The topological polar surface area (TPSA) is 0 Å². The molecule has 0 saturated heterocycles. The Labute approximate surface area is 109 Å². The summed E-state index contributed by atoms with van der Waals surface area (Å²) in [6, 6.07) is 0. The summed E-state index contributed by atoms with van der Waals surface area (Å²) in [7, 11) is 0. The largest absolute Gasteiger partial charge is 0.0628 e. The molecule has 2 rings (SSSR count). The van der Waals surface area contributed by atoms with Crippen LogP contribution in [0.4, 0.5) is 0 Å². The van der Waals surface area contributed by atoms with Crippen LogP contribution in [0.25, 0.3) is 0 Å². The Morgan fingerprint density at radius 2 is 1.24 bits per heavy atom. The summed E-state index contributed by atoms with van der Waals surface area (Å²) in [5, 5.41) is 0. The Kier molecular flexibility index (Phi) is 5.38. The third-order valence-electron chi connectivity index (χ3n) is 5.16. The summed E-state index contributed by atoms with van der Waals surface area (Å²) in [6.07, 6.45) is 16.9.